The number of rotatable bonds is 7. The molecule has 0 amide bonds. The first-order valence-electron chi connectivity index (χ1n) is 8.79. The maximum absolute atomic E-state index is 12.7. The number of ether oxygens (including phenoxy) is 2. The van der Waals surface area contributed by atoms with E-state index in [1.165, 1.54) is 26.0 Å². The number of esters is 2. The lowest BCUT2D eigenvalue weighted by molar-refractivity contribution is -0.139. The molecule has 31 heavy (non-hydrogen) atoms. The van der Waals surface area contributed by atoms with Crippen molar-refractivity contribution < 1.29 is 19.1 Å². The summed E-state index contributed by atoms with van der Waals surface area (Å²) in [5.41, 5.74) is -0.193. The van der Waals surface area contributed by atoms with Gasteiger partial charge in [0.1, 0.15) is 15.5 Å². The number of carbonyl (C=O) groups excluding carboxylic acids is 2. The molecule has 0 aliphatic heterocycles. The van der Waals surface area contributed by atoms with E-state index in [2.05, 4.69) is 29.9 Å². The van der Waals surface area contributed by atoms with E-state index >= 15 is 0 Å². The summed E-state index contributed by atoms with van der Waals surface area (Å²) in [6.07, 6.45) is -0.234. The number of hydrogen-bond donors (Lipinski definition) is 2. The second-order valence-corrected chi connectivity index (χ2v) is 8.97. The fourth-order valence-electron chi connectivity index (χ4n) is 2.79. The molecule has 0 spiro atoms. The van der Waals surface area contributed by atoms with Crippen LogP contribution in [0, 0.1) is 0 Å². The third-order valence-electron chi connectivity index (χ3n) is 4.19. The third kappa shape index (κ3) is 4.38. The summed E-state index contributed by atoms with van der Waals surface area (Å²) in [4.78, 5) is 49.7. The van der Waals surface area contributed by atoms with Crippen LogP contribution in [0.1, 0.15) is 21.1 Å². The standard InChI is InChI=1S/C18H15N5O5S3/c1-27-11(24)6-8-12-15(25)19-10(20-16(12)31-13(8)17(26)28-2)7-30-18-21-14(22-23-18)9-4-3-5-29-9/h3-5H,6-7H2,1-2H3,(H,19,20,25)(H,21,22,23). The van der Waals surface area contributed by atoms with Crippen molar-refractivity contribution in [2.24, 2.45) is 0 Å². The number of fused-ring (bicyclic) bond motifs is 1. The molecule has 2 N–H and O–H groups in total. The number of H-pyrrole nitrogens is 2. The van der Waals surface area contributed by atoms with Gasteiger partial charge in [0.25, 0.3) is 5.56 Å². The average Bonchev–Trinajstić information content (AvgIpc) is 3.51. The van der Waals surface area contributed by atoms with Gasteiger partial charge in [-0.3, -0.25) is 14.7 Å². The molecule has 0 bridgehead atoms. The number of carbonyl (C=O) groups is 2. The Morgan fingerprint density at radius 1 is 1.23 bits per heavy atom. The third-order valence-corrected chi connectivity index (χ3v) is 7.03. The molecule has 0 aliphatic rings. The molecule has 0 atom stereocenters. The van der Waals surface area contributed by atoms with Gasteiger partial charge in [-0.2, -0.15) is 0 Å². The Labute approximate surface area is 187 Å². The zero-order chi connectivity index (χ0) is 22.0. The highest BCUT2D eigenvalue weighted by Gasteiger charge is 2.24. The predicted molar refractivity (Wildman–Crippen MR) is 117 cm³/mol. The van der Waals surface area contributed by atoms with Gasteiger partial charge in [0.2, 0.25) is 5.16 Å². The van der Waals surface area contributed by atoms with E-state index < -0.39 is 17.5 Å². The van der Waals surface area contributed by atoms with Crippen molar-refractivity contribution in [1.29, 1.82) is 0 Å². The lowest BCUT2D eigenvalue weighted by Crippen LogP contribution is -2.15. The van der Waals surface area contributed by atoms with Crippen LogP contribution in [0.2, 0.25) is 0 Å². The molecule has 160 valence electrons. The fraction of sp³-hybridized carbons (Fsp3) is 0.222. The molecule has 4 heterocycles. The second-order valence-electron chi connectivity index (χ2n) is 6.08. The minimum absolute atomic E-state index is 0.153. The monoisotopic (exact) mass is 477 g/mol. The van der Waals surface area contributed by atoms with Crippen molar-refractivity contribution in [3.63, 3.8) is 0 Å². The number of nitrogens with zero attached hydrogens (tertiary/aromatic N) is 3. The van der Waals surface area contributed by atoms with Gasteiger partial charge in [-0.1, -0.05) is 17.8 Å². The number of methoxy groups -OCH3 is 2. The van der Waals surface area contributed by atoms with E-state index in [0.29, 0.717) is 27.4 Å². The molecule has 0 unspecified atom stereocenters. The fourth-order valence-corrected chi connectivity index (χ4v) is 5.25. The van der Waals surface area contributed by atoms with Crippen LogP contribution in [0.15, 0.2) is 27.5 Å². The van der Waals surface area contributed by atoms with E-state index in [0.717, 1.165) is 16.2 Å². The van der Waals surface area contributed by atoms with E-state index in [-0.39, 0.29) is 22.2 Å². The Morgan fingerprint density at radius 3 is 2.77 bits per heavy atom. The van der Waals surface area contributed by atoms with Gasteiger partial charge in [0.05, 0.1) is 36.7 Å². The molecule has 0 aliphatic carbocycles. The van der Waals surface area contributed by atoms with Crippen LogP contribution < -0.4 is 5.56 Å². The highest BCUT2D eigenvalue weighted by atomic mass is 32.2. The number of nitrogens with one attached hydrogen (secondary N) is 2. The van der Waals surface area contributed by atoms with Crippen LogP contribution in [0.5, 0.6) is 0 Å². The highest BCUT2D eigenvalue weighted by Crippen LogP contribution is 2.30. The topological polar surface area (TPSA) is 140 Å². The number of thioether (sulfide) groups is 1. The molecule has 10 nitrogen and oxygen atoms in total. The van der Waals surface area contributed by atoms with Crippen LogP contribution in [0.3, 0.4) is 0 Å². The number of aromatic amines is 2. The van der Waals surface area contributed by atoms with Crippen molar-refractivity contribution >= 4 is 56.6 Å². The summed E-state index contributed by atoms with van der Waals surface area (Å²) >= 11 is 3.85. The van der Waals surface area contributed by atoms with E-state index in [1.807, 2.05) is 17.5 Å². The van der Waals surface area contributed by atoms with Crippen LogP contribution >= 0.6 is 34.4 Å². The van der Waals surface area contributed by atoms with Crippen molar-refractivity contribution in [3.05, 3.63) is 44.1 Å². The largest absolute Gasteiger partial charge is 0.469 e. The minimum atomic E-state index is -0.640. The summed E-state index contributed by atoms with van der Waals surface area (Å²) in [6.45, 7) is 0. The summed E-state index contributed by atoms with van der Waals surface area (Å²) in [5, 5.41) is 9.70. The lowest BCUT2D eigenvalue weighted by atomic mass is 10.1. The first kappa shape index (κ1) is 21.2. The lowest BCUT2D eigenvalue weighted by Gasteiger charge is -2.02. The summed E-state index contributed by atoms with van der Waals surface area (Å²) < 4.78 is 9.47. The number of hydrogen-bond acceptors (Lipinski definition) is 11. The van der Waals surface area contributed by atoms with Crippen molar-refractivity contribution in [3.8, 4) is 10.7 Å². The van der Waals surface area contributed by atoms with Gasteiger partial charge < -0.3 is 14.5 Å². The Bertz CT molecular complexity index is 1310. The predicted octanol–water partition coefficient (Wildman–Crippen LogP) is 2.63. The first-order valence-corrected chi connectivity index (χ1v) is 11.5. The molecule has 0 aromatic carbocycles. The number of aromatic nitrogens is 5. The smallest absolute Gasteiger partial charge is 0.348 e. The molecular weight excluding hydrogens is 462 g/mol. The maximum Gasteiger partial charge on any atom is 0.348 e. The Hall–Kier alpha value is -3.03. The van der Waals surface area contributed by atoms with E-state index in [4.69, 9.17) is 4.74 Å². The number of thiophene rings is 2. The zero-order valence-corrected chi connectivity index (χ0v) is 18.7. The maximum atomic E-state index is 12.7. The van der Waals surface area contributed by atoms with Gasteiger partial charge in [-0.15, -0.1) is 27.8 Å². The van der Waals surface area contributed by atoms with Gasteiger partial charge in [0.15, 0.2) is 5.82 Å². The molecule has 13 heteroatoms. The molecule has 4 rings (SSSR count). The van der Waals surface area contributed by atoms with Crippen LogP contribution in [-0.4, -0.2) is 51.3 Å². The molecule has 0 saturated carbocycles. The summed E-state index contributed by atoms with van der Waals surface area (Å²) in [7, 11) is 2.47. The van der Waals surface area contributed by atoms with Crippen molar-refractivity contribution in [1.82, 2.24) is 25.1 Å². The first-order chi connectivity index (χ1) is 15.0. The van der Waals surface area contributed by atoms with Crippen LogP contribution in [0.4, 0.5) is 0 Å². The van der Waals surface area contributed by atoms with Gasteiger partial charge in [-0.25, -0.2) is 14.8 Å². The van der Waals surface area contributed by atoms with E-state index in [9.17, 15) is 14.4 Å². The molecule has 4 aromatic heterocycles. The SMILES string of the molecule is COC(=O)Cc1c(C(=O)OC)sc2nc(CSc3n[nH]c(-c4cccs4)n3)[nH]c(=O)c12. The molecule has 0 fully saturated rings. The summed E-state index contributed by atoms with van der Waals surface area (Å²) in [5.74, 6) is 0.161. The Morgan fingerprint density at radius 2 is 2.06 bits per heavy atom. The van der Waals surface area contributed by atoms with Crippen LogP contribution in [0.25, 0.3) is 20.9 Å². The van der Waals surface area contributed by atoms with Gasteiger partial charge in [0, 0.05) is 5.56 Å². The normalized spacial score (nSPS) is 11.0. The Balaban J connectivity index is 1.62. The average molecular weight is 478 g/mol. The molecule has 0 saturated heterocycles. The second kappa shape index (κ2) is 8.99. The van der Waals surface area contributed by atoms with Gasteiger partial charge in [-0.05, 0) is 11.4 Å². The zero-order valence-electron chi connectivity index (χ0n) is 16.3. The Kier molecular flexibility index (Phi) is 6.15. The quantitative estimate of drug-likeness (QED) is 0.303. The highest BCUT2D eigenvalue weighted by molar-refractivity contribution is 7.98. The minimum Gasteiger partial charge on any atom is -0.469 e. The van der Waals surface area contributed by atoms with Crippen LogP contribution in [-0.2, 0) is 26.4 Å². The molecule has 4 aromatic rings. The summed E-state index contributed by atoms with van der Waals surface area (Å²) in [6, 6.07) is 3.87. The van der Waals surface area contributed by atoms with E-state index in [1.54, 1.807) is 11.3 Å². The molecule has 0 radical (unpaired) electrons. The van der Waals surface area contributed by atoms with Gasteiger partial charge >= 0.3 is 11.9 Å². The molecular formula is C18H15N5O5S3. The van der Waals surface area contributed by atoms with Crippen molar-refractivity contribution in [2.45, 2.75) is 17.3 Å². The van der Waals surface area contributed by atoms with Crippen molar-refractivity contribution in [2.75, 3.05) is 14.2 Å².